The van der Waals surface area contributed by atoms with Gasteiger partial charge in [0.15, 0.2) is 0 Å². The minimum absolute atomic E-state index is 0.203. The van der Waals surface area contributed by atoms with E-state index in [1.54, 1.807) is 6.07 Å². The van der Waals surface area contributed by atoms with Crippen LogP contribution in [0.3, 0.4) is 0 Å². The van der Waals surface area contributed by atoms with Crippen molar-refractivity contribution in [1.82, 2.24) is 0 Å². The van der Waals surface area contributed by atoms with Gasteiger partial charge in [0.25, 0.3) is 0 Å². The van der Waals surface area contributed by atoms with Crippen LogP contribution < -0.4 is 5.32 Å². The van der Waals surface area contributed by atoms with Gasteiger partial charge in [-0.15, -0.1) is 0 Å². The standard InChI is InChI=1S/C17H16N2O/c18-11-13-4-1-2-6-16(13)19-17-7-3-5-12-10-14(20)8-9-15(12)17/h1-2,4,6,8-10,17,19-20H,3,5,7H2. The summed E-state index contributed by atoms with van der Waals surface area (Å²) in [5.74, 6) is 0.321. The van der Waals surface area contributed by atoms with E-state index in [0.717, 1.165) is 24.9 Å². The van der Waals surface area contributed by atoms with Crippen molar-refractivity contribution in [3.63, 3.8) is 0 Å². The summed E-state index contributed by atoms with van der Waals surface area (Å²) in [5, 5.41) is 22.2. The van der Waals surface area contributed by atoms with Crippen LogP contribution in [0.4, 0.5) is 5.69 Å². The Hall–Kier alpha value is -2.47. The smallest absolute Gasteiger partial charge is 0.115 e. The molecule has 1 unspecified atom stereocenters. The Balaban J connectivity index is 1.92. The summed E-state index contributed by atoms with van der Waals surface area (Å²) < 4.78 is 0. The number of aromatic hydroxyl groups is 1. The Morgan fingerprint density at radius 1 is 1.20 bits per heavy atom. The molecule has 2 N–H and O–H groups in total. The Morgan fingerprint density at radius 3 is 2.90 bits per heavy atom. The van der Waals surface area contributed by atoms with Gasteiger partial charge in [-0.05, 0) is 54.7 Å². The molecule has 0 radical (unpaired) electrons. The average molecular weight is 264 g/mol. The highest BCUT2D eigenvalue weighted by atomic mass is 16.3. The molecule has 20 heavy (non-hydrogen) atoms. The number of hydrogen-bond donors (Lipinski definition) is 2. The first-order valence-corrected chi connectivity index (χ1v) is 6.85. The van der Waals surface area contributed by atoms with Crippen molar-refractivity contribution in [2.75, 3.05) is 5.32 Å². The number of nitriles is 1. The lowest BCUT2D eigenvalue weighted by molar-refractivity contribution is 0.472. The van der Waals surface area contributed by atoms with E-state index in [2.05, 4.69) is 11.4 Å². The number of para-hydroxylation sites is 1. The molecule has 1 aliphatic rings. The molecular weight excluding hydrogens is 248 g/mol. The first-order valence-electron chi connectivity index (χ1n) is 6.85. The molecule has 1 aliphatic carbocycles. The van der Waals surface area contributed by atoms with E-state index in [-0.39, 0.29) is 6.04 Å². The summed E-state index contributed by atoms with van der Waals surface area (Å²) in [7, 11) is 0. The Morgan fingerprint density at radius 2 is 2.05 bits per heavy atom. The second-order valence-corrected chi connectivity index (χ2v) is 5.13. The summed E-state index contributed by atoms with van der Waals surface area (Å²) in [4.78, 5) is 0. The molecule has 0 amide bonds. The van der Waals surface area contributed by atoms with Crippen LogP contribution in [0.25, 0.3) is 0 Å². The molecule has 2 aromatic carbocycles. The number of rotatable bonds is 2. The van der Waals surface area contributed by atoms with Crippen molar-refractivity contribution >= 4 is 5.69 Å². The summed E-state index contributed by atoms with van der Waals surface area (Å²) in [5.41, 5.74) is 3.96. The summed E-state index contributed by atoms with van der Waals surface area (Å²) in [6.45, 7) is 0. The van der Waals surface area contributed by atoms with E-state index in [4.69, 9.17) is 5.26 Å². The minimum atomic E-state index is 0.203. The first kappa shape index (κ1) is 12.6. The second-order valence-electron chi connectivity index (χ2n) is 5.13. The molecule has 3 nitrogen and oxygen atoms in total. The lowest BCUT2D eigenvalue weighted by atomic mass is 9.87. The molecule has 100 valence electrons. The molecular formula is C17H16N2O. The molecule has 0 aromatic heterocycles. The predicted octanol–water partition coefficient (Wildman–Crippen LogP) is 3.75. The van der Waals surface area contributed by atoms with Gasteiger partial charge >= 0.3 is 0 Å². The van der Waals surface area contributed by atoms with Gasteiger partial charge in [-0.25, -0.2) is 0 Å². The Kier molecular flexibility index (Phi) is 3.30. The minimum Gasteiger partial charge on any atom is -0.508 e. The van der Waals surface area contributed by atoms with Crippen LogP contribution in [0.15, 0.2) is 42.5 Å². The van der Waals surface area contributed by atoms with Gasteiger partial charge in [-0.1, -0.05) is 18.2 Å². The molecule has 0 spiro atoms. The van der Waals surface area contributed by atoms with E-state index in [1.165, 1.54) is 11.1 Å². The molecule has 3 heteroatoms. The maximum absolute atomic E-state index is 9.58. The molecule has 3 rings (SSSR count). The number of phenolic OH excluding ortho intramolecular Hbond substituents is 1. The molecule has 0 bridgehead atoms. The van der Waals surface area contributed by atoms with E-state index in [1.807, 2.05) is 36.4 Å². The maximum Gasteiger partial charge on any atom is 0.115 e. The maximum atomic E-state index is 9.58. The third-order valence-corrected chi connectivity index (χ3v) is 3.82. The molecule has 0 aliphatic heterocycles. The number of nitrogens with zero attached hydrogens (tertiary/aromatic N) is 1. The normalized spacial score (nSPS) is 17.1. The van der Waals surface area contributed by atoms with Gasteiger partial charge in [0.1, 0.15) is 11.8 Å². The van der Waals surface area contributed by atoms with Gasteiger partial charge < -0.3 is 10.4 Å². The highest BCUT2D eigenvalue weighted by Gasteiger charge is 2.21. The van der Waals surface area contributed by atoms with Crippen LogP contribution in [-0.4, -0.2) is 5.11 Å². The summed E-state index contributed by atoms with van der Waals surface area (Å²) in [6.07, 6.45) is 3.13. The van der Waals surface area contributed by atoms with Gasteiger partial charge in [-0.3, -0.25) is 0 Å². The second kappa shape index (κ2) is 5.26. The molecule has 1 atom stereocenters. The van der Waals surface area contributed by atoms with Crippen molar-refractivity contribution in [3.8, 4) is 11.8 Å². The number of benzene rings is 2. The van der Waals surface area contributed by atoms with Crippen molar-refractivity contribution in [2.45, 2.75) is 25.3 Å². The molecule has 0 fully saturated rings. The first-order chi connectivity index (χ1) is 9.78. The lowest BCUT2D eigenvalue weighted by Crippen LogP contribution is -2.17. The molecule has 0 heterocycles. The fourth-order valence-electron chi connectivity index (χ4n) is 2.84. The zero-order valence-corrected chi connectivity index (χ0v) is 11.1. The quantitative estimate of drug-likeness (QED) is 0.868. The number of hydrogen-bond acceptors (Lipinski definition) is 3. The van der Waals surface area contributed by atoms with E-state index in [9.17, 15) is 5.11 Å². The lowest BCUT2D eigenvalue weighted by Gasteiger charge is -2.27. The van der Waals surface area contributed by atoms with Gasteiger partial charge in [0.05, 0.1) is 17.3 Å². The summed E-state index contributed by atoms with van der Waals surface area (Å²) >= 11 is 0. The number of aryl methyl sites for hydroxylation is 1. The van der Waals surface area contributed by atoms with Crippen LogP contribution in [0.5, 0.6) is 5.75 Å². The third-order valence-electron chi connectivity index (χ3n) is 3.82. The fraction of sp³-hybridized carbons (Fsp3) is 0.235. The van der Waals surface area contributed by atoms with Crippen LogP contribution in [0.1, 0.15) is 35.6 Å². The number of phenols is 1. The van der Waals surface area contributed by atoms with Crippen molar-refractivity contribution in [1.29, 1.82) is 5.26 Å². The summed E-state index contributed by atoms with van der Waals surface area (Å²) in [6, 6.07) is 15.5. The number of anilines is 1. The number of nitrogens with one attached hydrogen (secondary N) is 1. The SMILES string of the molecule is N#Cc1ccccc1NC1CCCc2cc(O)ccc21. The highest BCUT2D eigenvalue weighted by Crippen LogP contribution is 2.34. The van der Waals surface area contributed by atoms with E-state index < -0.39 is 0 Å². The van der Waals surface area contributed by atoms with E-state index in [0.29, 0.717) is 11.3 Å². The van der Waals surface area contributed by atoms with Crippen LogP contribution >= 0.6 is 0 Å². The highest BCUT2D eigenvalue weighted by molar-refractivity contribution is 5.58. The zero-order chi connectivity index (χ0) is 13.9. The van der Waals surface area contributed by atoms with E-state index >= 15 is 0 Å². The van der Waals surface area contributed by atoms with Gasteiger partial charge in [0, 0.05) is 0 Å². The fourth-order valence-corrected chi connectivity index (χ4v) is 2.84. The van der Waals surface area contributed by atoms with Gasteiger partial charge in [0.2, 0.25) is 0 Å². The number of fused-ring (bicyclic) bond motifs is 1. The predicted molar refractivity (Wildman–Crippen MR) is 78.6 cm³/mol. The Labute approximate surface area is 118 Å². The average Bonchev–Trinajstić information content (AvgIpc) is 2.47. The van der Waals surface area contributed by atoms with Crippen molar-refractivity contribution in [3.05, 3.63) is 59.2 Å². The largest absolute Gasteiger partial charge is 0.508 e. The Bertz CT molecular complexity index is 673. The van der Waals surface area contributed by atoms with Gasteiger partial charge in [-0.2, -0.15) is 5.26 Å². The molecule has 2 aromatic rings. The topological polar surface area (TPSA) is 56.0 Å². The third kappa shape index (κ3) is 2.33. The van der Waals surface area contributed by atoms with Crippen molar-refractivity contribution < 1.29 is 5.11 Å². The zero-order valence-electron chi connectivity index (χ0n) is 11.1. The van der Waals surface area contributed by atoms with Crippen LogP contribution in [0, 0.1) is 11.3 Å². The monoisotopic (exact) mass is 264 g/mol. The van der Waals surface area contributed by atoms with Crippen LogP contribution in [0.2, 0.25) is 0 Å². The molecule has 0 saturated carbocycles. The molecule has 0 saturated heterocycles. The van der Waals surface area contributed by atoms with Crippen molar-refractivity contribution in [2.24, 2.45) is 0 Å². The van der Waals surface area contributed by atoms with Crippen LogP contribution in [-0.2, 0) is 6.42 Å².